The van der Waals surface area contributed by atoms with Crippen molar-refractivity contribution in [1.29, 1.82) is 0 Å². The maximum absolute atomic E-state index is 13.0. The van der Waals surface area contributed by atoms with Crippen LogP contribution in [-0.4, -0.2) is 30.6 Å². The van der Waals surface area contributed by atoms with Crippen LogP contribution in [0.1, 0.15) is 30.9 Å². The zero-order chi connectivity index (χ0) is 18.4. The van der Waals surface area contributed by atoms with Crippen molar-refractivity contribution >= 4 is 15.9 Å². The maximum atomic E-state index is 13.0. The van der Waals surface area contributed by atoms with Crippen molar-refractivity contribution in [3.63, 3.8) is 0 Å². The van der Waals surface area contributed by atoms with Gasteiger partial charge in [-0.3, -0.25) is 4.90 Å². The van der Waals surface area contributed by atoms with Gasteiger partial charge in [-0.2, -0.15) is 0 Å². The number of nitrogens with zero attached hydrogens (tertiary/aromatic N) is 1. The van der Waals surface area contributed by atoms with Gasteiger partial charge in [-0.15, -0.1) is 0 Å². The second-order valence-corrected chi connectivity index (χ2v) is 7.64. The molecule has 0 bridgehead atoms. The van der Waals surface area contributed by atoms with Crippen LogP contribution in [0.3, 0.4) is 0 Å². The molecule has 1 saturated heterocycles. The number of likely N-dealkylation sites (N-methyl/N-ethyl adjacent to an activating group) is 1. The van der Waals surface area contributed by atoms with Gasteiger partial charge in [0.1, 0.15) is 18.2 Å². The summed E-state index contributed by atoms with van der Waals surface area (Å²) < 4.78 is 20.1. The fourth-order valence-electron chi connectivity index (χ4n) is 3.48. The van der Waals surface area contributed by atoms with E-state index < -0.39 is 0 Å². The van der Waals surface area contributed by atoms with Crippen molar-refractivity contribution in [2.75, 3.05) is 19.6 Å². The molecule has 0 spiro atoms. The van der Waals surface area contributed by atoms with Crippen LogP contribution < -0.4 is 10.1 Å². The Morgan fingerprint density at radius 2 is 2.04 bits per heavy atom. The van der Waals surface area contributed by atoms with E-state index in [0.29, 0.717) is 12.6 Å². The predicted octanol–water partition coefficient (Wildman–Crippen LogP) is 4.74. The summed E-state index contributed by atoms with van der Waals surface area (Å²) in [7, 11) is 0. The van der Waals surface area contributed by atoms with Crippen molar-refractivity contribution in [2.24, 2.45) is 0 Å². The first kappa shape index (κ1) is 19.3. The number of likely N-dealkylation sites (tertiary alicyclic amines) is 1. The highest BCUT2D eigenvalue weighted by atomic mass is 79.9. The lowest BCUT2D eigenvalue weighted by atomic mass is 10.1. The molecule has 0 aromatic heterocycles. The summed E-state index contributed by atoms with van der Waals surface area (Å²) in [6.07, 6.45) is 2.57. The fraction of sp³-hybridized carbons (Fsp3) is 0.429. The number of hydrogen-bond acceptors (Lipinski definition) is 3. The van der Waals surface area contributed by atoms with Gasteiger partial charge >= 0.3 is 0 Å². The summed E-state index contributed by atoms with van der Waals surface area (Å²) in [6.45, 7) is 6.76. The lowest BCUT2D eigenvalue weighted by molar-refractivity contribution is 0.259. The van der Waals surface area contributed by atoms with Gasteiger partial charge in [0.25, 0.3) is 0 Å². The highest BCUT2D eigenvalue weighted by Crippen LogP contribution is 2.24. The van der Waals surface area contributed by atoms with Crippen LogP contribution in [0.2, 0.25) is 0 Å². The molecule has 1 N–H and O–H groups in total. The maximum Gasteiger partial charge on any atom is 0.124 e. The minimum atomic E-state index is -0.227. The Hall–Kier alpha value is -1.43. The van der Waals surface area contributed by atoms with Crippen molar-refractivity contribution in [2.45, 2.75) is 39.0 Å². The van der Waals surface area contributed by atoms with Gasteiger partial charge in [0.2, 0.25) is 0 Å². The molecule has 2 aromatic rings. The first-order valence-electron chi connectivity index (χ1n) is 9.26. The number of nitrogens with one attached hydrogen (secondary N) is 1. The summed E-state index contributed by atoms with van der Waals surface area (Å²) >= 11 is 3.55. The van der Waals surface area contributed by atoms with Gasteiger partial charge < -0.3 is 10.1 Å². The quantitative estimate of drug-likeness (QED) is 0.667. The number of hydrogen-bond donors (Lipinski definition) is 1. The lowest BCUT2D eigenvalue weighted by Crippen LogP contribution is -2.37. The van der Waals surface area contributed by atoms with E-state index in [9.17, 15) is 4.39 Å². The molecule has 0 radical (unpaired) electrons. The molecule has 140 valence electrons. The summed E-state index contributed by atoms with van der Waals surface area (Å²) in [4.78, 5) is 2.54. The highest BCUT2D eigenvalue weighted by Gasteiger charge is 2.22. The van der Waals surface area contributed by atoms with Gasteiger partial charge in [0.15, 0.2) is 0 Å². The minimum absolute atomic E-state index is 0.227. The van der Waals surface area contributed by atoms with Crippen molar-refractivity contribution in [1.82, 2.24) is 10.2 Å². The summed E-state index contributed by atoms with van der Waals surface area (Å²) in [5, 5.41) is 3.59. The molecule has 0 aliphatic carbocycles. The Bertz CT molecular complexity index is 708. The average Bonchev–Trinajstić information content (AvgIpc) is 3.10. The summed E-state index contributed by atoms with van der Waals surface area (Å²) in [6, 6.07) is 13.1. The van der Waals surface area contributed by atoms with E-state index >= 15 is 0 Å². The van der Waals surface area contributed by atoms with Crippen molar-refractivity contribution in [3.05, 3.63) is 63.9 Å². The molecule has 5 heteroatoms. The van der Waals surface area contributed by atoms with E-state index in [2.05, 4.69) is 39.1 Å². The SMILES string of the molecule is CCN1CCC[C@H]1CNCc1cc(Br)ccc1OCc1ccc(F)cc1. The van der Waals surface area contributed by atoms with Crippen molar-refractivity contribution in [3.8, 4) is 5.75 Å². The molecule has 1 aliphatic heterocycles. The Labute approximate surface area is 163 Å². The van der Waals surface area contributed by atoms with Crippen LogP contribution in [0, 0.1) is 5.82 Å². The Morgan fingerprint density at radius 3 is 2.81 bits per heavy atom. The smallest absolute Gasteiger partial charge is 0.124 e. The second kappa shape index (κ2) is 9.49. The topological polar surface area (TPSA) is 24.5 Å². The molecule has 26 heavy (non-hydrogen) atoms. The third-order valence-corrected chi connectivity index (χ3v) is 5.42. The number of rotatable bonds is 8. The van der Waals surface area contributed by atoms with Crippen LogP contribution in [0.15, 0.2) is 46.9 Å². The molecule has 0 amide bonds. The van der Waals surface area contributed by atoms with Crippen LogP contribution in [0.5, 0.6) is 5.75 Å². The Kier molecular flexibility index (Phi) is 7.06. The highest BCUT2D eigenvalue weighted by molar-refractivity contribution is 9.10. The fourth-order valence-corrected chi connectivity index (χ4v) is 3.89. The molecular weight excluding hydrogens is 395 g/mol. The van der Waals surface area contributed by atoms with E-state index in [4.69, 9.17) is 4.74 Å². The Morgan fingerprint density at radius 1 is 1.23 bits per heavy atom. The molecule has 0 unspecified atom stereocenters. The molecule has 1 fully saturated rings. The third-order valence-electron chi connectivity index (χ3n) is 4.93. The monoisotopic (exact) mass is 420 g/mol. The molecule has 1 aliphatic rings. The van der Waals surface area contributed by atoms with Gasteiger partial charge in [0, 0.05) is 29.2 Å². The summed E-state index contributed by atoms with van der Waals surface area (Å²) in [5.41, 5.74) is 2.08. The van der Waals surface area contributed by atoms with Crippen LogP contribution in [-0.2, 0) is 13.2 Å². The summed E-state index contributed by atoms with van der Waals surface area (Å²) in [5.74, 6) is 0.638. The van der Waals surface area contributed by atoms with E-state index in [1.165, 1.54) is 31.5 Å². The average molecular weight is 421 g/mol. The second-order valence-electron chi connectivity index (χ2n) is 6.72. The van der Waals surface area contributed by atoms with E-state index in [-0.39, 0.29) is 5.82 Å². The van der Waals surface area contributed by atoms with Crippen LogP contribution in [0.4, 0.5) is 4.39 Å². The number of ether oxygens (including phenoxy) is 1. The molecule has 1 heterocycles. The zero-order valence-electron chi connectivity index (χ0n) is 15.2. The van der Waals surface area contributed by atoms with E-state index in [1.54, 1.807) is 12.1 Å². The molecule has 3 rings (SSSR count). The number of benzene rings is 2. The van der Waals surface area contributed by atoms with Crippen LogP contribution >= 0.6 is 15.9 Å². The van der Waals surface area contributed by atoms with E-state index in [0.717, 1.165) is 41.0 Å². The van der Waals surface area contributed by atoms with E-state index in [1.807, 2.05) is 12.1 Å². The largest absolute Gasteiger partial charge is 0.489 e. The van der Waals surface area contributed by atoms with Gasteiger partial charge in [0.05, 0.1) is 0 Å². The first-order valence-corrected chi connectivity index (χ1v) is 10.1. The predicted molar refractivity (Wildman–Crippen MR) is 107 cm³/mol. The molecule has 1 atom stereocenters. The molecule has 0 saturated carbocycles. The van der Waals surface area contributed by atoms with Gasteiger partial charge in [-0.05, 0) is 61.8 Å². The lowest BCUT2D eigenvalue weighted by Gasteiger charge is -2.23. The minimum Gasteiger partial charge on any atom is -0.489 e. The van der Waals surface area contributed by atoms with Crippen molar-refractivity contribution < 1.29 is 9.13 Å². The van der Waals surface area contributed by atoms with Gasteiger partial charge in [-0.25, -0.2) is 4.39 Å². The molecular formula is C21H26BrFN2O. The van der Waals surface area contributed by atoms with Crippen LogP contribution in [0.25, 0.3) is 0 Å². The standard InChI is InChI=1S/C21H26BrFN2O/c1-2-25-11-3-4-20(25)14-24-13-17-12-18(22)7-10-21(17)26-15-16-5-8-19(23)9-6-16/h5-10,12,20,24H,2-4,11,13-15H2,1H3/t20-/m0/s1. The number of halogens is 2. The molecule has 3 nitrogen and oxygen atoms in total. The first-order chi connectivity index (χ1) is 12.7. The van der Waals surface area contributed by atoms with Gasteiger partial charge in [-0.1, -0.05) is 35.0 Å². The third kappa shape index (κ3) is 5.29. The zero-order valence-corrected chi connectivity index (χ0v) is 16.8. The Balaban J connectivity index is 1.57. The normalized spacial score (nSPS) is 17.6. The molecule has 2 aromatic carbocycles.